The van der Waals surface area contributed by atoms with E-state index in [0.717, 1.165) is 12.0 Å². The SMILES string of the molecule is CC(C)OC(=O)N1CC[C@H]2[C@@H]1CC(=O)N2[C@H](C)c1ccccc1. The Labute approximate surface area is 137 Å². The molecule has 0 N–H and O–H groups in total. The minimum absolute atomic E-state index is 0.0276. The summed E-state index contributed by atoms with van der Waals surface area (Å²) in [6.07, 6.45) is 0.781. The van der Waals surface area contributed by atoms with Crippen LogP contribution in [-0.4, -0.2) is 46.5 Å². The number of fused-ring (bicyclic) bond motifs is 1. The zero-order valence-corrected chi connectivity index (χ0v) is 13.9. The monoisotopic (exact) mass is 316 g/mol. The Morgan fingerprint density at radius 2 is 1.87 bits per heavy atom. The second kappa shape index (κ2) is 6.22. The van der Waals surface area contributed by atoms with Crippen molar-refractivity contribution in [2.75, 3.05) is 6.54 Å². The van der Waals surface area contributed by atoms with Crippen LogP contribution in [0.4, 0.5) is 4.79 Å². The van der Waals surface area contributed by atoms with Crippen LogP contribution in [0.5, 0.6) is 0 Å². The van der Waals surface area contributed by atoms with Gasteiger partial charge in [-0.3, -0.25) is 4.79 Å². The van der Waals surface area contributed by atoms with Crippen LogP contribution >= 0.6 is 0 Å². The van der Waals surface area contributed by atoms with E-state index in [1.165, 1.54) is 0 Å². The molecule has 0 unspecified atom stereocenters. The average molecular weight is 316 g/mol. The molecule has 2 amide bonds. The molecule has 2 fully saturated rings. The molecule has 0 aromatic heterocycles. The van der Waals surface area contributed by atoms with Crippen LogP contribution in [0.15, 0.2) is 30.3 Å². The number of hydrogen-bond donors (Lipinski definition) is 0. The molecule has 0 bridgehead atoms. The molecular weight excluding hydrogens is 292 g/mol. The van der Waals surface area contributed by atoms with Crippen LogP contribution in [0.25, 0.3) is 0 Å². The minimum atomic E-state index is -0.297. The largest absolute Gasteiger partial charge is 0.447 e. The molecule has 1 aromatic carbocycles. The van der Waals surface area contributed by atoms with Gasteiger partial charge in [0.1, 0.15) is 0 Å². The van der Waals surface area contributed by atoms with E-state index >= 15 is 0 Å². The van der Waals surface area contributed by atoms with Gasteiger partial charge in [0, 0.05) is 13.0 Å². The van der Waals surface area contributed by atoms with Crippen molar-refractivity contribution < 1.29 is 14.3 Å². The quantitative estimate of drug-likeness (QED) is 0.861. The number of rotatable bonds is 3. The molecule has 5 nitrogen and oxygen atoms in total. The van der Waals surface area contributed by atoms with Crippen molar-refractivity contribution in [2.24, 2.45) is 0 Å². The minimum Gasteiger partial charge on any atom is -0.447 e. The van der Waals surface area contributed by atoms with E-state index in [1.54, 1.807) is 4.90 Å². The third-order valence-electron chi connectivity index (χ3n) is 4.81. The lowest BCUT2D eigenvalue weighted by molar-refractivity contribution is -0.131. The summed E-state index contributed by atoms with van der Waals surface area (Å²) in [6, 6.07) is 10.1. The summed E-state index contributed by atoms with van der Waals surface area (Å²) >= 11 is 0. The van der Waals surface area contributed by atoms with Gasteiger partial charge in [-0.15, -0.1) is 0 Å². The van der Waals surface area contributed by atoms with Gasteiger partial charge in [-0.1, -0.05) is 30.3 Å². The molecule has 0 radical (unpaired) electrons. The second-order valence-electron chi connectivity index (χ2n) is 6.64. The van der Waals surface area contributed by atoms with E-state index < -0.39 is 0 Å². The standard InChI is InChI=1S/C18H24N2O3/c1-12(2)23-18(22)19-10-9-15-16(19)11-17(21)20(15)13(3)14-7-5-4-6-8-14/h4-8,12-13,15-16H,9-11H2,1-3H3/t13-,15+,16+/m1/s1. The third-order valence-corrected chi connectivity index (χ3v) is 4.81. The van der Waals surface area contributed by atoms with Gasteiger partial charge in [0.15, 0.2) is 0 Å². The van der Waals surface area contributed by atoms with Gasteiger partial charge in [-0.05, 0) is 32.8 Å². The number of benzene rings is 1. The molecule has 0 saturated carbocycles. The third kappa shape index (κ3) is 2.92. The van der Waals surface area contributed by atoms with E-state index in [9.17, 15) is 9.59 Å². The van der Waals surface area contributed by atoms with E-state index in [-0.39, 0.29) is 36.2 Å². The van der Waals surface area contributed by atoms with Crippen molar-refractivity contribution in [1.29, 1.82) is 0 Å². The first-order valence-electron chi connectivity index (χ1n) is 8.32. The molecular formula is C18H24N2O3. The van der Waals surface area contributed by atoms with Gasteiger partial charge < -0.3 is 14.5 Å². The molecule has 1 aromatic rings. The Balaban J connectivity index is 1.76. The van der Waals surface area contributed by atoms with Gasteiger partial charge in [-0.25, -0.2) is 4.79 Å². The molecule has 2 aliphatic rings. The smallest absolute Gasteiger partial charge is 0.410 e. The molecule has 2 heterocycles. The highest BCUT2D eigenvalue weighted by Crippen LogP contribution is 2.38. The summed E-state index contributed by atoms with van der Waals surface area (Å²) in [4.78, 5) is 28.5. The lowest BCUT2D eigenvalue weighted by Gasteiger charge is -2.31. The first kappa shape index (κ1) is 15.8. The van der Waals surface area contributed by atoms with Crippen molar-refractivity contribution in [3.05, 3.63) is 35.9 Å². The van der Waals surface area contributed by atoms with Crippen molar-refractivity contribution in [3.63, 3.8) is 0 Å². The fraction of sp³-hybridized carbons (Fsp3) is 0.556. The highest BCUT2D eigenvalue weighted by atomic mass is 16.6. The highest BCUT2D eigenvalue weighted by Gasteiger charge is 2.50. The number of amides is 2. The summed E-state index contributed by atoms with van der Waals surface area (Å²) in [5.41, 5.74) is 1.13. The van der Waals surface area contributed by atoms with Crippen molar-refractivity contribution in [2.45, 2.75) is 57.8 Å². The van der Waals surface area contributed by atoms with Gasteiger partial charge in [0.25, 0.3) is 0 Å². The number of carbonyl (C=O) groups excluding carboxylic acids is 2. The Morgan fingerprint density at radius 1 is 1.17 bits per heavy atom. The number of hydrogen-bond acceptors (Lipinski definition) is 3. The lowest BCUT2D eigenvalue weighted by atomic mass is 10.0. The summed E-state index contributed by atoms with van der Waals surface area (Å²) < 4.78 is 5.32. The summed E-state index contributed by atoms with van der Waals surface area (Å²) in [7, 11) is 0. The van der Waals surface area contributed by atoms with E-state index in [4.69, 9.17) is 4.74 Å². The average Bonchev–Trinajstić information content (AvgIpc) is 3.04. The normalized spacial score (nSPS) is 25.0. The van der Waals surface area contributed by atoms with Crippen LogP contribution in [0, 0.1) is 0 Å². The summed E-state index contributed by atoms with van der Waals surface area (Å²) in [5, 5.41) is 0. The molecule has 3 rings (SSSR count). The second-order valence-corrected chi connectivity index (χ2v) is 6.64. The van der Waals surface area contributed by atoms with Gasteiger partial charge >= 0.3 is 6.09 Å². The maximum absolute atomic E-state index is 12.5. The number of nitrogens with zero attached hydrogens (tertiary/aromatic N) is 2. The first-order valence-corrected chi connectivity index (χ1v) is 8.32. The fourth-order valence-electron chi connectivity index (χ4n) is 3.77. The maximum atomic E-state index is 12.5. The van der Waals surface area contributed by atoms with Crippen molar-refractivity contribution >= 4 is 12.0 Å². The predicted molar refractivity (Wildman–Crippen MR) is 86.8 cm³/mol. The molecule has 0 aliphatic carbocycles. The zero-order valence-electron chi connectivity index (χ0n) is 13.9. The van der Waals surface area contributed by atoms with Crippen LogP contribution in [-0.2, 0) is 9.53 Å². The highest BCUT2D eigenvalue weighted by molar-refractivity contribution is 5.82. The van der Waals surface area contributed by atoms with Crippen LogP contribution in [0.2, 0.25) is 0 Å². The Kier molecular flexibility index (Phi) is 4.28. The Bertz CT molecular complexity index is 587. The van der Waals surface area contributed by atoms with Crippen LogP contribution in [0.1, 0.15) is 45.2 Å². The molecule has 23 heavy (non-hydrogen) atoms. The Morgan fingerprint density at radius 3 is 2.52 bits per heavy atom. The van der Waals surface area contributed by atoms with Gasteiger partial charge in [0.2, 0.25) is 5.91 Å². The van der Waals surface area contributed by atoms with E-state index in [2.05, 4.69) is 6.92 Å². The van der Waals surface area contributed by atoms with Crippen LogP contribution < -0.4 is 0 Å². The van der Waals surface area contributed by atoms with E-state index in [1.807, 2.05) is 49.1 Å². The summed E-state index contributed by atoms with van der Waals surface area (Å²) in [6.45, 7) is 6.40. The van der Waals surface area contributed by atoms with E-state index in [0.29, 0.717) is 13.0 Å². The molecule has 2 aliphatic heterocycles. The lowest BCUT2D eigenvalue weighted by Crippen LogP contribution is -2.41. The molecule has 0 spiro atoms. The number of ether oxygens (including phenoxy) is 1. The molecule has 124 valence electrons. The molecule has 5 heteroatoms. The predicted octanol–water partition coefficient (Wildman–Crippen LogP) is 2.97. The first-order chi connectivity index (χ1) is 11.0. The maximum Gasteiger partial charge on any atom is 0.410 e. The van der Waals surface area contributed by atoms with Crippen LogP contribution in [0.3, 0.4) is 0 Å². The molecule has 2 saturated heterocycles. The molecule has 3 atom stereocenters. The summed E-state index contributed by atoms with van der Waals surface area (Å²) in [5.74, 6) is 0.124. The zero-order chi connectivity index (χ0) is 16.6. The van der Waals surface area contributed by atoms with Gasteiger partial charge in [0.05, 0.1) is 24.2 Å². The van der Waals surface area contributed by atoms with Crippen molar-refractivity contribution in [3.8, 4) is 0 Å². The topological polar surface area (TPSA) is 49.9 Å². The fourth-order valence-corrected chi connectivity index (χ4v) is 3.77. The van der Waals surface area contributed by atoms with Crippen molar-refractivity contribution in [1.82, 2.24) is 9.80 Å². The number of likely N-dealkylation sites (tertiary alicyclic amines) is 2. The van der Waals surface area contributed by atoms with Gasteiger partial charge in [-0.2, -0.15) is 0 Å². The number of carbonyl (C=O) groups is 2. The Hall–Kier alpha value is -2.04.